The Bertz CT molecular complexity index is 432. The van der Waals surface area contributed by atoms with Gasteiger partial charge in [-0.25, -0.2) is 0 Å². The summed E-state index contributed by atoms with van der Waals surface area (Å²) in [7, 11) is -0.343. The van der Waals surface area contributed by atoms with Gasteiger partial charge in [0.15, 0.2) is 0 Å². The first-order valence-corrected chi connectivity index (χ1v) is 6.50. The molecule has 1 aromatic rings. The van der Waals surface area contributed by atoms with Crippen LogP contribution in [-0.2, 0) is 9.31 Å². The smallest absolute Gasteiger partial charge is 0.399 e. The predicted octanol–water partition coefficient (Wildman–Crippen LogP) is 2.45. The van der Waals surface area contributed by atoms with E-state index < -0.39 is 0 Å². The zero-order valence-electron chi connectivity index (χ0n) is 10.9. The summed E-state index contributed by atoms with van der Waals surface area (Å²) in [4.78, 5) is 4.31. The molecule has 1 aromatic heterocycles. The van der Waals surface area contributed by atoms with Gasteiger partial charge in [0.25, 0.3) is 0 Å². The third-order valence-corrected chi connectivity index (χ3v) is 4.03. The van der Waals surface area contributed by atoms with Crippen LogP contribution < -0.4 is 5.46 Å². The van der Waals surface area contributed by atoms with Gasteiger partial charge in [-0.15, -0.1) is 0 Å². The number of hydrogen-bond donors (Lipinski definition) is 0. The zero-order valence-corrected chi connectivity index (χ0v) is 12.5. The average molecular weight is 298 g/mol. The Morgan fingerprint density at radius 2 is 1.71 bits per heavy atom. The first-order chi connectivity index (χ1) is 7.73. The number of aromatic nitrogens is 1. The van der Waals surface area contributed by atoms with E-state index in [1.165, 1.54) is 0 Å². The van der Waals surface area contributed by atoms with E-state index in [1.54, 1.807) is 6.20 Å². The molecule has 17 heavy (non-hydrogen) atoms. The molecule has 0 bridgehead atoms. The molecule has 2 rings (SSSR count). The molecule has 0 aliphatic carbocycles. The van der Waals surface area contributed by atoms with Crippen LogP contribution in [0, 0.1) is 6.92 Å². The molecule has 0 atom stereocenters. The van der Waals surface area contributed by atoms with E-state index in [1.807, 2.05) is 40.7 Å². The molecule has 0 unspecified atom stereocenters. The van der Waals surface area contributed by atoms with Crippen molar-refractivity contribution in [2.45, 2.75) is 45.8 Å². The molecule has 3 nitrogen and oxygen atoms in total. The summed E-state index contributed by atoms with van der Waals surface area (Å²) in [6, 6.07) is 2.00. The fourth-order valence-electron chi connectivity index (χ4n) is 1.73. The lowest BCUT2D eigenvalue weighted by molar-refractivity contribution is 0.00578. The molecule has 0 radical (unpaired) electrons. The average Bonchev–Trinajstić information content (AvgIpc) is 2.40. The Hall–Kier alpha value is -0.385. The lowest BCUT2D eigenvalue weighted by atomic mass is 9.78. The largest absolute Gasteiger partial charge is 0.496 e. The summed E-state index contributed by atoms with van der Waals surface area (Å²) in [5, 5.41) is 0. The van der Waals surface area contributed by atoms with Crippen molar-refractivity contribution < 1.29 is 9.31 Å². The Morgan fingerprint density at radius 1 is 1.18 bits per heavy atom. The van der Waals surface area contributed by atoms with Gasteiger partial charge in [0, 0.05) is 21.8 Å². The van der Waals surface area contributed by atoms with Gasteiger partial charge in [0.2, 0.25) is 0 Å². The van der Waals surface area contributed by atoms with Crippen molar-refractivity contribution >= 4 is 28.5 Å². The molecule has 0 aromatic carbocycles. The number of rotatable bonds is 1. The Morgan fingerprint density at radius 3 is 2.24 bits per heavy atom. The van der Waals surface area contributed by atoms with Crippen molar-refractivity contribution in [1.82, 2.24) is 4.98 Å². The molecule has 0 spiro atoms. The summed E-state index contributed by atoms with van der Waals surface area (Å²) >= 11 is 3.43. The van der Waals surface area contributed by atoms with Gasteiger partial charge in [-0.1, -0.05) is 0 Å². The van der Waals surface area contributed by atoms with Gasteiger partial charge in [-0.2, -0.15) is 0 Å². The molecule has 2 heterocycles. The van der Waals surface area contributed by atoms with Gasteiger partial charge in [0.1, 0.15) is 0 Å². The maximum absolute atomic E-state index is 6.00. The van der Waals surface area contributed by atoms with Crippen LogP contribution in [0.5, 0.6) is 0 Å². The van der Waals surface area contributed by atoms with Crippen LogP contribution in [0.1, 0.15) is 33.4 Å². The predicted molar refractivity (Wildman–Crippen MR) is 72.4 cm³/mol. The monoisotopic (exact) mass is 297 g/mol. The molecule has 1 fully saturated rings. The minimum atomic E-state index is -0.343. The van der Waals surface area contributed by atoms with Crippen LogP contribution in [0.25, 0.3) is 0 Å². The second kappa shape index (κ2) is 4.07. The summed E-state index contributed by atoms with van der Waals surface area (Å²) in [6.07, 6.45) is 1.78. The summed E-state index contributed by atoms with van der Waals surface area (Å²) in [6.45, 7) is 10.2. The van der Waals surface area contributed by atoms with Crippen molar-refractivity contribution in [2.24, 2.45) is 0 Å². The third kappa shape index (κ3) is 2.28. The van der Waals surface area contributed by atoms with Gasteiger partial charge in [-0.05, 0) is 56.6 Å². The molecular formula is C12H17BBrNO2. The number of halogens is 1. The number of pyridine rings is 1. The van der Waals surface area contributed by atoms with Crippen molar-refractivity contribution in [1.29, 1.82) is 0 Å². The van der Waals surface area contributed by atoms with E-state index >= 15 is 0 Å². The van der Waals surface area contributed by atoms with Gasteiger partial charge >= 0.3 is 7.12 Å². The van der Waals surface area contributed by atoms with Crippen LogP contribution in [-0.4, -0.2) is 23.3 Å². The zero-order chi connectivity index (χ0) is 12.8. The van der Waals surface area contributed by atoms with Crippen molar-refractivity contribution in [2.75, 3.05) is 0 Å². The Balaban J connectivity index is 2.35. The normalized spacial score (nSPS) is 21.9. The summed E-state index contributed by atoms with van der Waals surface area (Å²) < 4.78 is 12.9. The van der Waals surface area contributed by atoms with E-state index in [0.29, 0.717) is 0 Å². The van der Waals surface area contributed by atoms with E-state index in [0.717, 1.165) is 15.6 Å². The Kier molecular flexibility index (Phi) is 3.13. The lowest BCUT2D eigenvalue weighted by Gasteiger charge is -2.32. The fourth-order valence-corrected chi connectivity index (χ4v) is 2.08. The van der Waals surface area contributed by atoms with Crippen LogP contribution in [0.15, 0.2) is 16.7 Å². The maximum atomic E-state index is 6.00. The molecule has 0 N–H and O–H groups in total. The SMILES string of the molecule is Cc1ncc(Br)cc1B1OC(C)(C)C(C)(C)O1. The highest BCUT2D eigenvalue weighted by molar-refractivity contribution is 9.10. The van der Waals surface area contributed by atoms with Gasteiger partial charge < -0.3 is 9.31 Å². The van der Waals surface area contributed by atoms with Crippen LogP contribution in [0.4, 0.5) is 0 Å². The van der Waals surface area contributed by atoms with Crippen molar-refractivity contribution in [3.05, 3.63) is 22.4 Å². The lowest BCUT2D eigenvalue weighted by Crippen LogP contribution is -2.41. The molecule has 92 valence electrons. The molecular weight excluding hydrogens is 281 g/mol. The molecule has 0 saturated carbocycles. The number of aryl methyl sites for hydroxylation is 1. The molecule has 1 saturated heterocycles. The highest BCUT2D eigenvalue weighted by atomic mass is 79.9. The van der Waals surface area contributed by atoms with E-state index in [9.17, 15) is 0 Å². The van der Waals surface area contributed by atoms with Crippen LogP contribution >= 0.6 is 15.9 Å². The maximum Gasteiger partial charge on any atom is 0.496 e. The van der Waals surface area contributed by atoms with E-state index in [-0.39, 0.29) is 18.3 Å². The van der Waals surface area contributed by atoms with Crippen molar-refractivity contribution in [3.63, 3.8) is 0 Å². The minimum absolute atomic E-state index is 0.313. The van der Waals surface area contributed by atoms with Crippen molar-refractivity contribution in [3.8, 4) is 0 Å². The summed E-state index contributed by atoms with van der Waals surface area (Å²) in [5.41, 5.74) is 1.29. The highest BCUT2D eigenvalue weighted by Gasteiger charge is 2.52. The fraction of sp³-hybridized carbons (Fsp3) is 0.583. The quantitative estimate of drug-likeness (QED) is 0.746. The van der Waals surface area contributed by atoms with Crippen LogP contribution in [0.3, 0.4) is 0 Å². The first kappa shape index (κ1) is 13.1. The standard InChI is InChI=1S/C12H17BBrNO2/c1-8-10(6-9(14)7-15-8)13-16-11(2,3)12(4,5)17-13/h6-7H,1-5H3. The number of nitrogens with zero attached hydrogens (tertiary/aromatic N) is 1. The van der Waals surface area contributed by atoms with Gasteiger partial charge in [-0.3, -0.25) is 4.98 Å². The molecule has 1 aliphatic rings. The minimum Gasteiger partial charge on any atom is -0.399 e. The second-order valence-electron chi connectivity index (χ2n) is 5.42. The second-order valence-corrected chi connectivity index (χ2v) is 6.33. The van der Waals surface area contributed by atoms with Crippen LogP contribution in [0.2, 0.25) is 0 Å². The molecule has 5 heteroatoms. The summed E-state index contributed by atoms with van der Waals surface area (Å²) in [5.74, 6) is 0. The highest BCUT2D eigenvalue weighted by Crippen LogP contribution is 2.36. The number of hydrogen-bond acceptors (Lipinski definition) is 3. The molecule has 0 amide bonds. The van der Waals surface area contributed by atoms with E-state index in [2.05, 4.69) is 20.9 Å². The van der Waals surface area contributed by atoms with Gasteiger partial charge in [0.05, 0.1) is 11.2 Å². The third-order valence-electron chi connectivity index (χ3n) is 3.60. The van der Waals surface area contributed by atoms with E-state index in [4.69, 9.17) is 9.31 Å². The first-order valence-electron chi connectivity index (χ1n) is 5.71. The molecule has 1 aliphatic heterocycles. The topological polar surface area (TPSA) is 31.4 Å². The Labute approximate surface area is 111 Å².